The predicted molar refractivity (Wildman–Crippen MR) is 224 cm³/mol. The lowest BCUT2D eigenvalue weighted by molar-refractivity contribution is -0.137. The molecule has 4 amide bonds. The van der Waals surface area contributed by atoms with Gasteiger partial charge in [0, 0.05) is 36.7 Å². The number of amides is 4. The van der Waals surface area contributed by atoms with E-state index in [4.69, 9.17) is 42.6 Å². The summed E-state index contributed by atoms with van der Waals surface area (Å²) in [4.78, 5) is 70.7. The minimum atomic E-state index is -1.26. The number of imidazole rings is 2. The van der Waals surface area contributed by atoms with Crippen LogP contribution in [0.3, 0.4) is 0 Å². The average Bonchev–Trinajstić information content (AvgIpc) is 4.00. The minimum Gasteiger partial charge on any atom is -0.465 e. The summed E-state index contributed by atoms with van der Waals surface area (Å²) in [5.41, 5.74) is 4.60. The number of nitrogens with zero attached hydrogens (tertiary/aromatic N) is 4. The first-order valence-corrected chi connectivity index (χ1v) is 20.5. The van der Waals surface area contributed by atoms with Crippen LogP contribution in [0.25, 0.3) is 33.6 Å². The SMILES string of the molecule is COC[C@H]1C[C@@H](c2nc(-c3ccc(-c4ccc(-c5nc([C@@H]6CCC(C)N6C(=O)[C@H](NC(=O)OC)C(C)C)[nH]c5Cl)cc4)cc3)c(Cl)[nH]2)N(C(=O)[C@@H](NC(=O)O)C(C)C)C1. The molecule has 15 nitrogen and oxygen atoms in total. The van der Waals surface area contributed by atoms with E-state index in [0.717, 1.165) is 28.7 Å². The number of methoxy groups -OCH3 is 2. The summed E-state index contributed by atoms with van der Waals surface area (Å²) in [6.45, 7) is 10.2. The monoisotopic (exact) mass is 850 g/mol. The number of aromatic amines is 2. The van der Waals surface area contributed by atoms with Gasteiger partial charge in [-0.1, -0.05) is 99.4 Å². The van der Waals surface area contributed by atoms with E-state index in [9.17, 15) is 24.3 Å². The number of alkyl carbamates (subject to hydrolysis) is 1. The number of likely N-dealkylation sites (tertiary alicyclic amines) is 2. The number of hydrogen-bond donors (Lipinski definition) is 5. The topological polar surface area (TPSA) is 195 Å². The van der Waals surface area contributed by atoms with Gasteiger partial charge in [-0.25, -0.2) is 19.6 Å². The average molecular weight is 852 g/mol. The number of benzene rings is 2. The third kappa shape index (κ3) is 9.37. The molecule has 0 bridgehead atoms. The molecule has 6 rings (SSSR count). The summed E-state index contributed by atoms with van der Waals surface area (Å²) in [5.74, 6) is 0.197. The first-order valence-electron chi connectivity index (χ1n) is 19.8. The van der Waals surface area contributed by atoms with Gasteiger partial charge < -0.3 is 45.0 Å². The second-order valence-corrected chi connectivity index (χ2v) is 16.8. The Kier molecular flexibility index (Phi) is 13.6. The Labute approximate surface area is 353 Å². The molecule has 0 spiro atoms. The van der Waals surface area contributed by atoms with E-state index in [0.29, 0.717) is 59.3 Å². The predicted octanol–water partition coefficient (Wildman–Crippen LogP) is 7.70. The van der Waals surface area contributed by atoms with Crippen molar-refractivity contribution in [3.63, 3.8) is 0 Å². The molecule has 4 heterocycles. The summed E-state index contributed by atoms with van der Waals surface area (Å²) >= 11 is 13.5. The van der Waals surface area contributed by atoms with Crippen LogP contribution >= 0.6 is 23.2 Å². The zero-order valence-electron chi connectivity index (χ0n) is 34.2. The van der Waals surface area contributed by atoms with Crippen LogP contribution in [-0.4, -0.2) is 104 Å². The first kappa shape index (κ1) is 43.5. The molecule has 0 aliphatic carbocycles. The standard InChI is InChI=1S/C42H52Cl2N8O7/c1-21(2)31(47-41(55)56)39(53)51-19-24(20-58-6)18-30(51)38-46-34(36(44)50-38)28-15-11-26(12-16-28)25-9-13-27(14-10-25)33-35(43)49-37(45-33)29-17-8-23(5)52(29)40(54)32(22(3)4)48-42(57)59-7/h9-16,21-24,29-32,47H,8,17-20H2,1-7H3,(H,45,49)(H,46,50)(H,48,57)(H,55,56)/t23?,24-,29-,30-,31-,32+/m0/s1. The molecule has 2 aliphatic heterocycles. The third-order valence-corrected chi connectivity index (χ3v) is 11.8. The van der Waals surface area contributed by atoms with E-state index < -0.39 is 30.3 Å². The van der Waals surface area contributed by atoms with E-state index in [1.165, 1.54) is 7.11 Å². The normalized spacial score (nSPS) is 20.3. The summed E-state index contributed by atoms with van der Waals surface area (Å²) in [6, 6.07) is 13.2. The molecular formula is C42H52Cl2N8O7. The second kappa shape index (κ2) is 18.4. The van der Waals surface area contributed by atoms with Gasteiger partial charge in [-0.15, -0.1) is 0 Å². The van der Waals surface area contributed by atoms with Crippen LogP contribution in [0.5, 0.6) is 0 Å². The van der Waals surface area contributed by atoms with Crippen molar-refractivity contribution in [3.8, 4) is 33.6 Å². The van der Waals surface area contributed by atoms with Crippen LogP contribution in [0.15, 0.2) is 48.5 Å². The molecule has 6 atom stereocenters. The van der Waals surface area contributed by atoms with Crippen molar-refractivity contribution in [2.75, 3.05) is 27.4 Å². The molecule has 316 valence electrons. The van der Waals surface area contributed by atoms with Crippen molar-refractivity contribution in [2.24, 2.45) is 17.8 Å². The molecule has 2 aliphatic rings. The maximum absolute atomic E-state index is 13.8. The van der Waals surface area contributed by atoms with Crippen molar-refractivity contribution < 1.29 is 33.8 Å². The molecule has 0 saturated carbocycles. The summed E-state index contributed by atoms with van der Waals surface area (Å²) in [7, 11) is 2.88. The molecule has 1 unspecified atom stereocenters. The molecule has 2 saturated heterocycles. The van der Waals surface area contributed by atoms with Crippen molar-refractivity contribution >= 4 is 47.2 Å². The summed E-state index contributed by atoms with van der Waals surface area (Å²) < 4.78 is 10.2. The number of H-pyrrole nitrogens is 2. The molecule has 2 aromatic heterocycles. The van der Waals surface area contributed by atoms with Gasteiger partial charge >= 0.3 is 12.2 Å². The Bertz CT molecular complexity index is 2140. The summed E-state index contributed by atoms with van der Waals surface area (Å²) in [6.07, 6.45) is 0.125. The van der Waals surface area contributed by atoms with E-state index in [1.54, 1.807) is 30.8 Å². The van der Waals surface area contributed by atoms with Gasteiger partial charge in [0.2, 0.25) is 11.8 Å². The Hall–Kier alpha value is -5.12. The van der Waals surface area contributed by atoms with Crippen molar-refractivity contribution in [1.82, 2.24) is 40.4 Å². The summed E-state index contributed by atoms with van der Waals surface area (Å²) in [5, 5.41) is 15.2. The van der Waals surface area contributed by atoms with Crippen LogP contribution in [0.2, 0.25) is 10.3 Å². The van der Waals surface area contributed by atoms with E-state index in [1.807, 2.05) is 69.3 Å². The van der Waals surface area contributed by atoms with Gasteiger partial charge in [-0.3, -0.25) is 9.59 Å². The number of nitrogens with one attached hydrogen (secondary N) is 4. The molecule has 4 aromatic rings. The van der Waals surface area contributed by atoms with Crippen molar-refractivity contribution in [3.05, 3.63) is 70.5 Å². The fraction of sp³-hybridized carbons (Fsp3) is 0.476. The maximum Gasteiger partial charge on any atom is 0.407 e. The molecule has 5 N–H and O–H groups in total. The Morgan fingerprint density at radius 1 is 0.780 bits per heavy atom. The van der Waals surface area contributed by atoms with E-state index >= 15 is 0 Å². The quantitative estimate of drug-likeness (QED) is 0.0896. The third-order valence-electron chi connectivity index (χ3n) is 11.2. The van der Waals surface area contributed by atoms with Crippen LogP contribution in [0.4, 0.5) is 9.59 Å². The lowest BCUT2D eigenvalue weighted by atomic mass is 10.0. The number of ether oxygens (including phenoxy) is 2. The lowest BCUT2D eigenvalue weighted by Gasteiger charge is -2.32. The van der Waals surface area contributed by atoms with E-state index in [2.05, 4.69) is 20.6 Å². The molecular weight excluding hydrogens is 799 g/mol. The highest BCUT2D eigenvalue weighted by Crippen LogP contribution is 2.40. The highest BCUT2D eigenvalue weighted by Gasteiger charge is 2.43. The number of rotatable bonds is 13. The van der Waals surface area contributed by atoms with Gasteiger partial charge in [0.1, 0.15) is 45.4 Å². The van der Waals surface area contributed by atoms with Crippen LogP contribution in [0, 0.1) is 17.8 Å². The minimum absolute atomic E-state index is 0.0358. The Morgan fingerprint density at radius 3 is 1.75 bits per heavy atom. The number of halogens is 2. The number of carboxylic acid groups (broad SMARTS) is 1. The van der Waals surface area contributed by atoms with Gasteiger partial charge in [0.15, 0.2) is 0 Å². The zero-order valence-corrected chi connectivity index (χ0v) is 35.7. The largest absolute Gasteiger partial charge is 0.465 e. The number of carbonyl (C=O) groups is 4. The number of carbonyl (C=O) groups excluding carboxylic acids is 3. The Morgan fingerprint density at radius 2 is 1.27 bits per heavy atom. The fourth-order valence-corrected chi connectivity index (χ4v) is 8.67. The molecule has 0 radical (unpaired) electrons. The molecule has 17 heteroatoms. The smallest absolute Gasteiger partial charge is 0.407 e. The van der Waals surface area contributed by atoms with Crippen LogP contribution in [-0.2, 0) is 19.1 Å². The van der Waals surface area contributed by atoms with E-state index in [-0.39, 0.29) is 41.7 Å². The Balaban J connectivity index is 1.18. The zero-order chi connectivity index (χ0) is 42.7. The van der Waals surface area contributed by atoms with Crippen molar-refractivity contribution in [2.45, 2.75) is 84.1 Å². The maximum atomic E-state index is 13.8. The van der Waals surface area contributed by atoms with Crippen LogP contribution in [0.1, 0.15) is 77.6 Å². The molecule has 2 fully saturated rings. The lowest BCUT2D eigenvalue weighted by Crippen LogP contribution is -2.52. The second-order valence-electron chi connectivity index (χ2n) is 16.0. The van der Waals surface area contributed by atoms with Gasteiger partial charge in [0.25, 0.3) is 0 Å². The number of hydrogen-bond acceptors (Lipinski definition) is 8. The highest BCUT2D eigenvalue weighted by atomic mass is 35.5. The van der Waals surface area contributed by atoms with Gasteiger partial charge in [-0.2, -0.15) is 0 Å². The molecule has 59 heavy (non-hydrogen) atoms. The van der Waals surface area contributed by atoms with Crippen molar-refractivity contribution in [1.29, 1.82) is 0 Å². The first-order chi connectivity index (χ1) is 28.1. The van der Waals surface area contributed by atoms with Gasteiger partial charge in [0.05, 0.1) is 25.8 Å². The fourth-order valence-electron chi connectivity index (χ4n) is 8.17. The molecule has 2 aromatic carbocycles. The number of aromatic nitrogens is 4. The highest BCUT2D eigenvalue weighted by molar-refractivity contribution is 6.32. The van der Waals surface area contributed by atoms with Gasteiger partial charge in [-0.05, 0) is 49.1 Å². The van der Waals surface area contributed by atoms with Crippen LogP contribution < -0.4 is 10.6 Å².